The van der Waals surface area contributed by atoms with Gasteiger partial charge in [-0.25, -0.2) is 4.39 Å². The highest BCUT2D eigenvalue weighted by Crippen LogP contribution is 2.26. The zero-order chi connectivity index (χ0) is 16.2. The standard InChI is InChI=1S/C19H25FN2O/c1-3-22-9-8-15(13-22)11-21-12-17-5-7-19(23-17)18-6-4-16(20)10-14(18)2/h4-7,10,15,21H,3,8-9,11-13H2,1-2H3. The Hall–Kier alpha value is -1.65. The fourth-order valence-electron chi connectivity index (χ4n) is 3.29. The lowest BCUT2D eigenvalue weighted by Crippen LogP contribution is -2.26. The summed E-state index contributed by atoms with van der Waals surface area (Å²) in [5.74, 6) is 2.26. The highest BCUT2D eigenvalue weighted by Gasteiger charge is 2.20. The van der Waals surface area contributed by atoms with Crippen molar-refractivity contribution in [1.29, 1.82) is 0 Å². The van der Waals surface area contributed by atoms with Crippen LogP contribution in [0.15, 0.2) is 34.7 Å². The molecule has 0 bridgehead atoms. The average molecular weight is 316 g/mol. The van der Waals surface area contributed by atoms with Crippen LogP contribution in [0.4, 0.5) is 4.39 Å². The van der Waals surface area contributed by atoms with E-state index in [1.54, 1.807) is 6.07 Å². The molecule has 1 fully saturated rings. The second kappa shape index (κ2) is 7.28. The summed E-state index contributed by atoms with van der Waals surface area (Å²) in [6.45, 7) is 9.45. The predicted molar refractivity (Wildman–Crippen MR) is 90.8 cm³/mol. The van der Waals surface area contributed by atoms with E-state index in [-0.39, 0.29) is 5.82 Å². The number of hydrogen-bond donors (Lipinski definition) is 1. The molecule has 1 aliphatic heterocycles. The van der Waals surface area contributed by atoms with E-state index in [9.17, 15) is 4.39 Å². The molecule has 3 nitrogen and oxygen atoms in total. The summed E-state index contributed by atoms with van der Waals surface area (Å²) in [6.07, 6.45) is 1.28. The number of halogens is 1. The number of furan rings is 1. The maximum atomic E-state index is 13.2. The Morgan fingerprint density at radius 2 is 2.17 bits per heavy atom. The van der Waals surface area contributed by atoms with E-state index in [2.05, 4.69) is 17.1 Å². The van der Waals surface area contributed by atoms with Crippen LogP contribution >= 0.6 is 0 Å². The number of aryl methyl sites for hydroxylation is 1. The van der Waals surface area contributed by atoms with Gasteiger partial charge in [0.15, 0.2) is 0 Å². The molecule has 4 heteroatoms. The monoisotopic (exact) mass is 316 g/mol. The zero-order valence-corrected chi connectivity index (χ0v) is 13.9. The quantitative estimate of drug-likeness (QED) is 0.878. The van der Waals surface area contributed by atoms with Gasteiger partial charge in [0.1, 0.15) is 17.3 Å². The zero-order valence-electron chi connectivity index (χ0n) is 13.9. The van der Waals surface area contributed by atoms with Crippen LogP contribution in [0.1, 0.15) is 24.7 Å². The summed E-state index contributed by atoms with van der Waals surface area (Å²) in [4.78, 5) is 2.49. The summed E-state index contributed by atoms with van der Waals surface area (Å²) in [7, 11) is 0. The first-order valence-corrected chi connectivity index (χ1v) is 8.44. The molecule has 0 aliphatic carbocycles. The minimum Gasteiger partial charge on any atom is -0.460 e. The van der Waals surface area contributed by atoms with E-state index in [1.165, 1.54) is 31.6 Å². The fraction of sp³-hybridized carbons (Fsp3) is 0.474. The Bertz CT molecular complexity index is 653. The van der Waals surface area contributed by atoms with Crippen LogP contribution in [-0.2, 0) is 6.54 Å². The van der Waals surface area contributed by atoms with Gasteiger partial charge in [0.05, 0.1) is 6.54 Å². The van der Waals surface area contributed by atoms with Crippen LogP contribution in [0.3, 0.4) is 0 Å². The smallest absolute Gasteiger partial charge is 0.134 e. The topological polar surface area (TPSA) is 28.4 Å². The maximum absolute atomic E-state index is 13.2. The third-order valence-electron chi connectivity index (χ3n) is 4.66. The van der Waals surface area contributed by atoms with Crippen LogP contribution in [0.25, 0.3) is 11.3 Å². The minimum atomic E-state index is -0.211. The van der Waals surface area contributed by atoms with Crippen LogP contribution in [0, 0.1) is 18.7 Å². The SMILES string of the molecule is CCN1CCC(CNCc2ccc(-c3ccc(F)cc3C)o2)C1. The predicted octanol–water partition coefficient (Wildman–Crippen LogP) is 3.83. The average Bonchev–Trinajstić information content (AvgIpc) is 3.17. The number of benzene rings is 1. The lowest BCUT2D eigenvalue weighted by Gasteiger charge is -2.13. The van der Waals surface area contributed by atoms with Gasteiger partial charge < -0.3 is 14.6 Å². The molecule has 1 saturated heterocycles. The Kier molecular flexibility index (Phi) is 5.13. The molecule has 23 heavy (non-hydrogen) atoms. The van der Waals surface area contributed by atoms with Gasteiger partial charge in [0, 0.05) is 12.1 Å². The van der Waals surface area contributed by atoms with Gasteiger partial charge in [0.25, 0.3) is 0 Å². The van der Waals surface area contributed by atoms with E-state index < -0.39 is 0 Å². The molecule has 2 aromatic rings. The van der Waals surface area contributed by atoms with Crippen LogP contribution in [0.5, 0.6) is 0 Å². The molecule has 3 rings (SSSR count). The first kappa shape index (κ1) is 16.2. The van der Waals surface area contributed by atoms with Crippen molar-refractivity contribution in [1.82, 2.24) is 10.2 Å². The van der Waals surface area contributed by atoms with Crippen LogP contribution in [-0.4, -0.2) is 31.1 Å². The molecule has 1 aliphatic rings. The summed E-state index contributed by atoms with van der Waals surface area (Å²) in [6, 6.07) is 8.75. The highest BCUT2D eigenvalue weighted by molar-refractivity contribution is 5.62. The number of nitrogens with zero attached hydrogens (tertiary/aromatic N) is 1. The van der Waals surface area contributed by atoms with Crippen LogP contribution < -0.4 is 5.32 Å². The Labute approximate surface area is 137 Å². The van der Waals surface area contributed by atoms with Crippen LogP contribution in [0.2, 0.25) is 0 Å². The molecule has 1 unspecified atom stereocenters. The molecule has 1 aromatic carbocycles. The lowest BCUT2D eigenvalue weighted by atomic mass is 10.1. The van der Waals surface area contributed by atoms with E-state index in [0.717, 1.165) is 48.2 Å². The molecule has 0 radical (unpaired) electrons. The van der Waals surface area contributed by atoms with Gasteiger partial charge >= 0.3 is 0 Å². The number of rotatable bonds is 6. The normalized spacial score (nSPS) is 18.7. The molecule has 0 saturated carbocycles. The Balaban J connectivity index is 1.53. The van der Waals surface area contributed by atoms with Gasteiger partial charge in [0.2, 0.25) is 0 Å². The van der Waals surface area contributed by atoms with Gasteiger partial charge in [-0.05, 0) is 74.8 Å². The second-order valence-corrected chi connectivity index (χ2v) is 6.40. The molecule has 124 valence electrons. The highest BCUT2D eigenvalue weighted by atomic mass is 19.1. The lowest BCUT2D eigenvalue weighted by molar-refractivity contribution is 0.337. The summed E-state index contributed by atoms with van der Waals surface area (Å²) in [5.41, 5.74) is 1.84. The second-order valence-electron chi connectivity index (χ2n) is 6.40. The molecule has 1 atom stereocenters. The van der Waals surface area contributed by atoms with Crippen molar-refractivity contribution in [2.45, 2.75) is 26.8 Å². The molecule has 1 N–H and O–H groups in total. The van der Waals surface area contributed by atoms with Gasteiger partial charge in [-0.1, -0.05) is 6.92 Å². The number of likely N-dealkylation sites (tertiary alicyclic amines) is 1. The van der Waals surface area contributed by atoms with E-state index in [4.69, 9.17) is 4.42 Å². The van der Waals surface area contributed by atoms with Crippen molar-refractivity contribution < 1.29 is 8.81 Å². The fourth-order valence-corrected chi connectivity index (χ4v) is 3.29. The number of nitrogens with one attached hydrogen (secondary N) is 1. The molecule has 1 aromatic heterocycles. The molecule has 0 amide bonds. The third-order valence-corrected chi connectivity index (χ3v) is 4.66. The van der Waals surface area contributed by atoms with Crippen molar-refractivity contribution >= 4 is 0 Å². The molecule has 0 spiro atoms. The van der Waals surface area contributed by atoms with Crippen molar-refractivity contribution in [3.63, 3.8) is 0 Å². The summed E-state index contributed by atoms with van der Waals surface area (Å²) >= 11 is 0. The van der Waals surface area contributed by atoms with E-state index in [1.807, 2.05) is 19.1 Å². The van der Waals surface area contributed by atoms with Crippen molar-refractivity contribution in [2.75, 3.05) is 26.2 Å². The largest absolute Gasteiger partial charge is 0.460 e. The summed E-state index contributed by atoms with van der Waals surface area (Å²) in [5, 5.41) is 3.50. The molecular weight excluding hydrogens is 291 g/mol. The van der Waals surface area contributed by atoms with E-state index >= 15 is 0 Å². The van der Waals surface area contributed by atoms with Crippen molar-refractivity contribution in [3.05, 3.63) is 47.5 Å². The minimum absolute atomic E-state index is 0.211. The van der Waals surface area contributed by atoms with E-state index in [0.29, 0.717) is 0 Å². The first-order valence-electron chi connectivity index (χ1n) is 8.44. The molecular formula is C19H25FN2O. The Morgan fingerprint density at radius 1 is 1.30 bits per heavy atom. The number of hydrogen-bond acceptors (Lipinski definition) is 3. The molecule has 2 heterocycles. The third kappa shape index (κ3) is 4.01. The Morgan fingerprint density at radius 3 is 2.91 bits per heavy atom. The maximum Gasteiger partial charge on any atom is 0.134 e. The first-order chi connectivity index (χ1) is 11.2. The van der Waals surface area contributed by atoms with Crippen molar-refractivity contribution in [2.24, 2.45) is 5.92 Å². The van der Waals surface area contributed by atoms with Crippen molar-refractivity contribution in [3.8, 4) is 11.3 Å². The van der Waals surface area contributed by atoms with Gasteiger partial charge in [-0.15, -0.1) is 0 Å². The van der Waals surface area contributed by atoms with Gasteiger partial charge in [-0.3, -0.25) is 0 Å². The summed E-state index contributed by atoms with van der Waals surface area (Å²) < 4.78 is 19.1. The van der Waals surface area contributed by atoms with Gasteiger partial charge in [-0.2, -0.15) is 0 Å².